The number of amides is 1. The number of fused-ring (bicyclic) bond motifs is 1. The lowest BCUT2D eigenvalue weighted by atomic mass is 9.87. The van der Waals surface area contributed by atoms with E-state index >= 15 is 0 Å². The number of piperidine rings is 1. The van der Waals surface area contributed by atoms with Crippen molar-refractivity contribution in [1.82, 2.24) is 19.4 Å². The highest BCUT2D eigenvalue weighted by atomic mass is 16.5. The summed E-state index contributed by atoms with van der Waals surface area (Å²) in [7, 11) is 0. The molecule has 2 aromatic heterocycles. The van der Waals surface area contributed by atoms with Crippen molar-refractivity contribution in [2.75, 3.05) is 19.7 Å². The number of hydrogen-bond acceptors (Lipinski definition) is 4. The molecule has 2 aliphatic heterocycles. The zero-order chi connectivity index (χ0) is 22.8. The fraction of sp³-hybridized carbons (Fsp3) is 0.519. The molecule has 2 saturated heterocycles. The zero-order valence-electron chi connectivity index (χ0n) is 19.7. The topological polar surface area (TPSA) is 60.2 Å². The van der Waals surface area contributed by atoms with Crippen LogP contribution in [0, 0.1) is 5.92 Å². The van der Waals surface area contributed by atoms with E-state index in [1.807, 2.05) is 12.3 Å². The third kappa shape index (κ3) is 4.81. The summed E-state index contributed by atoms with van der Waals surface area (Å²) in [6.45, 7) is 6.45. The fourth-order valence-electron chi connectivity index (χ4n) is 5.48. The normalized spacial score (nSPS) is 21.4. The minimum absolute atomic E-state index is 0.0856. The number of rotatable bonds is 5. The van der Waals surface area contributed by atoms with Crippen LogP contribution in [0.15, 0.2) is 48.7 Å². The summed E-state index contributed by atoms with van der Waals surface area (Å²) < 4.78 is 8.18. The summed E-state index contributed by atoms with van der Waals surface area (Å²) >= 11 is 0. The van der Waals surface area contributed by atoms with Crippen LogP contribution in [0.3, 0.4) is 0 Å². The summed E-state index contributed by atoms with van der Waals surface area (Å²) in [6.07, 6.45) is 7.23. The Hall–Kier alpha value is -2.73. The Bertz CT molecular complexity index is 1100. The Balaban J connectivity index is 1.30. The second-order valence-corrected chi connectivity index (χ2v) is 10.1. The van der Waals surface area contributed by atoms with E-state index in [4.69, 9.17) is 9.72 Å². The second-order valence-electron chi connectivity index (χ2n) is 10.1. The van der Waals surface area contributed by atoms with E-state index in [2.05, 4.69) is 64.7 Å². The molecule has 5 rings (SSSR count). The van der Waals surface area contributed by atoms with E-state index in [0.29, 0.717) is 18.6 Å². The van der Waals surface area contributed by atoms with Gasteiger partial charge in [-0.3, -0.25) is 4.79 Å². The number of ether oxygens (including phenoxy) is 1. The minimum atomic E-state index is -0.202. The lowest BCUT2D eigenvalue weighted by Gasteiger charge is -2.39. The quantitative estimate of drug-likeness (QED) is 0.575. The van der Waals surface area contributed by atoms with E-state index < -0.39 is 0 Å². The summed E-state index contributed by atoms with van der Waals surface area (Å²) in [5.41, 5.74) is 3.05. The Kier molecular flexibility index (Phi) is 6.19. The third-order valence-electron chi connectivity index (χ3n) is 7.19. The van der Waals surface area contributed by atoms with Crippen molar-refractivity contribution in [2.24, 2.45) is 5.92 Å². The van der Waals surface area contributed by atoms with Gasteiger partial charge in [-0.05, 0) is 63.6 Å². The van der Waals surface area contributed by atoms with Gasteiger partial charge in [-0.2, -0.15) is 0 Å². The molecule has 33 heavy (non-hydrogen) atoms. The molecule has 4 heterocycles. The fourth-order valence-corrected chi connectivity index (χ4v) is 5.48. The van der Waals surface area contributed by atoms with Gasteiger partial charge in [-0.1, -0.05) is 30.3 Å². The highest BCUT2D eigenvalue weighted by Gasteiger charge is 2.36. The number of aromatic nitrogens is 3. The van der Waals surface area contributed by atoms with Crippen LogP contribution in [0.1, 0.15) is 57.0 Å². The monoisotopic (exact) mass is 446 g/mol. The van der Waals surface area contributed by atoms with E-state index in [1.54, 1.807) is 0 Å². The molecule has 0 radical (unpaired) electrons. The van der Waals surface area contributed by atoms with Crippen molar-refractivity contribution in [3.8, 4) is 0 Å². The van der Waals surface area contributed by atoms with Gasteiger partial charge in [0, 0.05) is 44.3 Å². The summed E-state index contributed by atoms with van der Waals surface area (Å²) in [5.74, 6) is 1.49. The Morgan fingerprint density at radius 1 is 1.06 bits per heavy atom. The highest BCUT2D eigenvalue weighted by Crippen LogP contribution is 2.33. The number of aryl methyl sites for hydroxylation is 2. The molecule has 1 aromatic carbocycles. The van der Waals surface area contributed by atoms with Crippen LogP contribution in [-0.2, 0) is 22.4 Å². The summed E-state index contributed by atoms with van der Waals surface area (Å²) in [4.78, 5) is 24.9. The summed E-state index contributed by atoms with van der Waals surface area (Å²) in [6, 6.07) is 14.9. The molecule has 6 nitrogen and oxygen atoms in total. The maximum atomic E-state index is 13.2. The number of carbonyl (C=O) groups is 1. The van der Waals surface area contributed by atoms with Gasteiger partial charge >= 0.3 is 0 Å². The maximum Gasteiger partial charge on any atom is 0.225 e. The molecule has 1 unspecified atom stereocenters. The van der Waals surface area contributed by atoms with Gasteiger partial charge in [0.05, 0.1) is 5.60 Å². The van der Waals surface area contributed by atoms with Gasteiger partial charge in [0.25, 0.3) is 0 Å². The van der Waals surface area contributed by atoms with Crippen molar-refractivity contribution >= 4 is 17.1 Å². The number of likely N-dealkylation sites (tertiary alicyclic amines) is 1. The molecule has 174 valence electrons. The molecule has 0 aliphatic carbocycles. The third-order valence-corrected chi connectivity index (χ3v) is 7.19. The lowest BCUT2D eigenvalue weighted by Crippen LogP contribution is -2.46. The van der Waals surface area contributed by atoms with Crippen molar-refractivity contribution in [3.05, 3.63) is 60.0 Å². The molecule has 1 amide bonds. The average molecular weight is 447 g/mol. The molecule has 2 fully saturated rings. The largest absolute Gasteiger partial charge is 0.376 e. The van der Waals surface area contributed by atoms with E-state index in [0.717, 1.165) is 68.6 Å². The van der Waals surface area contributed by atoms with Crippen molar-refractivity contribution in [1.29, 1.82) is 0 Å². The minimum Gasteiger partial charge on any atom is -0.376 e. The van der Waals surface area contributed by atoms with Gasteiger partial charge in [-0.25, -0.2) is 9.97 Å². The smallest absolute Gasteiger partial charge is 0.225 e. The Morgan fingerprint density at radius 2 is 1.85 bits per heavy atom. The predicted octanol–water partition coefficient (Wildman–Crippen LogP) is 4.59. The van der Waals surface area contributed by atoms with Crippen molar-refractivity contribution < 1.29 is 9.53 Å². The summed E-state index contributed by atoms with van der Waals surface area (Å²) in [5, 5.41) is 0. The first-order chi connectivity index (χ1) is 16.0. The van der Waals surface area contributed by atoms with Gasteiger partial charge in [0.15, 0.2) is 5.65 Å². The lowest BCUT2D eigenvalue weighted by molar-refractivity contribution is -0.146. The Morgan fingerprint density at radius 3 is 2.61 bits per heavy atom. The van der Waals surface area contributed by atoms with E-state index in [1.165, 1.54) is 5.56 Å². The molecule has 0 saturated carbocycles. The first kappa shape index (κ1) is 22.1. The van der Waals surface area contributed by atoms with Crippen LogP contribution in [-0.4, -0.2) is 50.6 Å². The molecule has 2 aliphatic rings. The zero-order valence-corrected chi connectivity index (χ0v) is 19.7. The van der Waals surface area contributed by atoms with Crippen LogP contribution >= 0.6 is 0 Å². The first-order valence-corrected chi connectivity index (χ1v) is 12.3. The Labute approximate surface area is 196 Å². The molecule has 0 N–H and O–H groups in total. The van der Waals surface area contributed by atoms with Crippen molar-refractivity contribution in [3.63, 3.8) is 0 Å². The molecule has 6 heteroatoms. The van der Waals surface area contributed by atoms with Crippen LogP contribution in [0.2, 0.25) is 0 Å². The second kappa shape index (κ2) is 9.26. The highest BCUT2D eigenvalue weighted by molar-refractivity contribution is 5.79. The molecule has 0 bridgehead atoms. The molecule has 1 atom stereocenters. The van der Waals surface area contributed by atoms with E-state index in [9.17, 15) is 4.79 Å². The van der Waals surface area contributed by atoms with Gasteiger partial charge in [0.2, 0.25) is 5.91 Å². The maximum absolute atomic E-state index is 13.2. The SMILES string of the molecule is CC1(C)CC(C(=O)N2CCC(n3c(CCc4ccccc4)nc4cccnc43)CC2)CCO1. The number of carbonyl (C=O) groups excluding carboxylic acids is 1. The molecular weight excluding hydrogens is 412 g/mol. The molecular formula is C27H34N4O2. The number of nitrogens with zero attached hydrogens (tertiary/aromatic N) is 4. The predicted molar refractivity (Wildman–Crippen MR) is 129 cm³/mol. The van der Waals surface area contributed by atoms with Crippen LogP contribution in [0.5, 0.6) is 0 Å². The van der Waals surface area contributed by atoms with E-state index in [-0.39, 0.29) is 11.5 Å². The molecule has 0 spiro atoms. The van der Waals surface area contributed by atoms with Crippen molar-refractivity contribution in [2.45, 2.75) is 64.0 Å². The number of hydrogen-bond donors (Lipinski definition) is 0. The van der Waals surface area contributed by atoms with Crippen LogP contribution in [0.4, 0.5) is 0 Å². The number of benzene rings is 1. The number of imidazole rings is 1. The van der Waals surface area contributed by atoms with Gasteiger partial charge in [-0.15, -0.1) is 0 Å². The van der Waals surface area contributed by atoms with Crippen LogP contribution < -0.4 is 0 Å². The number of pyridine rings is 1. The average Bonchev–Trinajstić information content (AvgIpc) is 3.21. The first-order valence-electron chi connectivity index (χ1n) is 12.3. The van der Waals surface area contributed by atoms with Gasteiger partial charge < -0.3 is 14.2 Å². The van der Waals surface area contributed by atoms with Gasteiger partial charge in [0.1, 0.15) is 11.3 Å². The molecule has 3 aromatic rings. The standard InChI is InChI=1S/C27H34N4O2/c1-27(2)19-21(14-18-33-27)26(32)30-16-12-22(13-17-30)31-24(11-10-20-7-4-3-5-8-20)29-23-9-6-15-28-25(23)31/h3-9,15,21-22H,10-14,16-19H2,1-2H3. The van der Waals surface area contributed by atoms with Crippen LogP contribution in [0.25, 0.3) is 11.2 Å².